The molecule has 2 amide bonds. The molecule has 1 heterocycles. The van der Waals surface area contributed by atoms with E-state index < -0.39 is 0 Å². The van der Waals surface area contributed by atoms with E-state index in [-0.39, 0.29) is 18.4 Å². The number of hydrogen-bond acceptors (Lipinski definition) is 4. The SMILES string of the molecule is CN(C)CCN(C)c1ccc2c(c1)C(=O)N(c1ccccc1Cl)CC(=O)N2. The molecule has 1 aliphatic heterocycles. The number of nitrogens with zero attached hydrogens (tertiary/aromatic N) is 3. The molecule has 2 aromatic carbocycles. The van der Waals surface area contributed by atoms with Crippen molar-refractivity contribution in [3.8, 4) is 0 Å². The minimum Gasteiger partial charge on any atom is -0.373 e. The Morgan fingerprint density at radius 1 is 1.07 bits per heavy atom. The second kappa shape index (κ2) is 7.98. The molecule has 3 rings (SSSR count). The number of hydrogen-bond donors (Lipinski definition) is 1. The summed E-state index contributed by atoms with van der Waals surface area (Å²) in [6, 6.07) is 12.5. The molecule has 0 unspecified atom stereocenters. The summed E-state index contributed by atoms with van der Waals surface area (Å²) in [6.07, 6.45) is 0. The Kier molecular flexibility index (Phi) is 5.68. The third-order valence-electron chi connectivity index (χ3n) is 4.52. The molecule has 1 N–H and O–H groups in total. The standard InChI is InChI=1S/C20H23ClN4O2/c1-23(2)10-11-24(3)14-8-9-17-15(12-14)20(27)25(13-19(26)22-17)18-7-5-4-6-16(18)21/h4-9,12H,10-11,13H2,1-3H3,(H,22,26). The van der Waals surface area contributed by atoms with Gasteiger partial charge in [-0.05, 0) is 44.4 Å². The van der Waals surface area contributed by atoms with Crippen LogP contribution in [0.25, 0.3) is 0 Å². The topological polar surface area (TPSA) is 55.9 Å². The predicted octanol–water partition coefficient (Wildman–Crippen LogP) is 2.94. The van der Waals surface area contributed by atoms with Crippen molar-refractivity contribution in [2.24, 2.45) is 0 Å². The first-order valence-electron chi connectivity index (χ1n) is 8.73. The summed E-state index contributed by atoms with van der Waals surface area (Å²) in [7, 11) is 6.02. The molecule has 0 aliphatic carbocycles. The van der Waals surface area contributed by atoms with Crippen molar-refractivity contribution >= 4 is 40.5 Å². The Labute approximate surface area is 164 Å². The largest absolute Gasteiger partial charge is 0.373 e. The van der Waals surface area contributed by atoms with Gasteiger partial charge >= 0.3 is 0 Å². The number of benzene rings is 2. The molecule has 0 aromatic heterocycles. The minimum absolute atomic E-state index is 0.0803. The van der Waals surface area contributed by atoms with Crippen LogP contribution in [0.4, 0.5) is 17.1 Å². The van der Waals surface area contributed by atoms with E-state index >= 15 is 0 Å². The summed E-state index contributed by atoms with van der Waals surface area (Å²) in [5.74, 6) is -0.505. The molecule has 27 heavy (non-hydrogen) atoms. The van der Waals surface area contributed by atoms with Gasteiger partial charge in [0, 0.05) is 25.8 Å². The molecule has 0 fully saturated rings. The minimum atomic E-state index is -0.254. The lowest BCUT2D eigenvalue weighted by atomic mass is 10.1. The van der Waals surface area contributed by atoms with Crippen molar-refractivity contribution in [2.75, 3.05) is 55.9 Å². The average molecular weight is 387 g/mol. The first kappa shape index (κ1) is 19.2. The molecule has 2 aromatic rings. The van der Waals surface area contributed by atoms with Crippen molar-refractivity contribution in [2.45, 2.75) is 0 Å². The van der Waals surface area contributed by atoms with Gasteiger partial charge in [-0.2, -0.15) is 0 Å². The van der Waals surface area contributed by atoms with Crippen molar-refractivity contribution in [1.29, 1.82) is 0 Å². The molecule has 1 aliphatic rings. The molecular weight excluding hydrogens is 364 g/mol. The normalized spacial score (nSPS) is 14.0. The first-order valence-corrected chi connectivity index (χ1v) is 9.11. The van der Waals surface area contributed by atoms with Crippen molar-refractivity contribution in [1.82, 2.24) is 4.90 Å². The molecule has 0 saturated heterocycles. The highest BCUT2D eigenvalue weighted by Crippen LogP contribution is 2.31. The second-order valence-corrected chi connectivity index (χ2v) is 7.25. The van der Waals surface area contributed by atoms with E-state index in [2.05, 4.69) is 15.1 Å². The van der Waals surface area contributed by atoms with Gasteiger partial charge in [-0.15, -0.1) is 0 Å². The van der Waals surface area contributed by atoms with Crippen molar-refractivity contribution in [3.63, 3.8) is 0 Å². The van der Waals surface area contributed by atoms with Gasteiger partial charge in [0.25, 0.3) is 5.91 Å². The summed E-state index contributed by atoms with van der Waals surface area (Å²) in [5, 5.41) is 3.25. The van der Waals surface area contributed by atoms with E-state index in [0.717, 1.165) is 18.8 Å². The Hall–Kier alpha value is -2.57. The van der Waals surface area contributed by atoms with Crippen LogP contribution in [0.5, 0.6) is 0 Å². The molecule has 0 atom stereocenters. The van der Waals surface area contributed by atoms with Gasteiger partial charge in [-0.25, -0.2) is 0 Å². The molecular formula is C20H23ClN4O2. The first-order chi connectivity index (χ1) is 12.9. The number of carbonyl (C=O) groups excluding carboxylic acids is 2. The lowest BCUT2D eigenvalue weighted by molar-refractivity contribution is -0.114. The summed E-state index contributed by atoms with van der Waals surface area (Å²) < 4.78 is 0. The van der Waals surface area contributed by atoms with Crippen LogP contribution in [0.2, 0.25) is 5.02 Å². The average Bonchev–Trinajstić information content (AvgIpc) is 2.76. The van der Waals surface area contributed by atoms with E-state index in [1.807, 2.05) is 33.3 Å². The molecule has 0 radical (unpaired) electrons. The maximum absolute atomic E-state index is 13.2. The van der Waals surface area contributed by atoms with Gasteiger partial charge in [0.1, 0.15) is 6.54 Å². The van der Waals surface area contributed by atoms with Gasteiger partial charge in [0.05, 0.1) is 22.0 Å². The summed E-state index contributed by atoms with van der Waals surface area (Å²) in [6.45, 7) is 1.63. The Bertz CT molecular complexity index is 869. The smallest absolute Gasteiger partial charge is 0.260 e. The zero-order valence-corrected chi connectivity index (χ0v) is 16.5. The van der Waals surface area contributed by atoms with Crippen LogP contribution in [-0.4, -0.2) is 57.5 Å². The molecule has 7 heteroatoms. The van der Waals surface area contributed by atoms with Gasteiger partial charge in [0.2, 0.25) is 5.91 Å². The third-order valence-corrected chi connectivity index (χ3v) is 4.84. The fraction of sp³-hybridized carbons (Fsp3) is 0.300. The maximum atomic E-state index is 13.2. The summed E-state index contributed by atoms with van der Waals surface area (Å²) in [4.78, 5) is 31.2. The Morgan fingerprint density at radius 2 is 1.81 bits per heavy atom. The summed E-state index contributed by atoms with van der Waals surface area (Å²) >= 11 is 6.27. The molecule has 6 nitrogen and oxygen atoms in total. The highest BCUT2D eigenvalue weighted by molar-refractivity contribution is 6.34. The van der Waals surface area contributed by atoms with E-state index in [4.69, 9.17) is 11.6 Å². The van der Waals surface area contributed by atoms with Crippen LogP contribution in [0, 0.1) is 0 Å². The van der Waals surface area contributed by atoms with Crippen LogP contribution < -0.4 is 15.1 Å². The van der Waals surface area contributed by atoms with E-state index in [1.165, 1.54) is 4.90 Å². The molecule has 0 spiro atoms. The second-order valence-electron chi connectivity index (χ2n) is 6.85. The van der Waals surface area contributed by atoms with E-state index in [9.17, 15) is 9.59 Å². The number of anilines is 3. The highest BCUT2D eigenvalue weighted by atomic mass is 35.5. The van der Waals surface area contributed by atoms with Gasteiger partial charge < -0.3 is 15.1 Å². The molecule has 0 bridgehead atoms. The number of halogens is 1. The number of fused-ring (bicyclic) bond motifs is 1. The Morgan fingerprint density at radius 3 is 2.52 bits per heavy atom. The zero-order valence-electron chi connectivity index (χ0n) is 15.7. The van der Waals surface area contributed by atoms with Gasteiger partial charge in [-0.1, -0.05) is 23.7 Å². The van der Waals surface area contributed by atoms with Crippen LogP contribution >= 0.6 is 11.6 Å². The van der Waals surface area contributed by atoms with E-state index in [0.29, 0.717) is 22.0 Å². The van der Waals surface area contributed by atoms with Gasteiger partial charge in [0.15, 0.2) is 0 Å². The lowest BCUT2D eigenvalue weighted by Crippen LogP contribution is -2.35. The Balaban J connectivity index is 1.97. The summed E-state index contributed by atoms with van der Waals surface area (Å²) in [5.41, 5.74) is 2.41. The predicted molar refractivity (Wildman–Crippen MR) is 110 cm³/mol. The maximum Gasteiger partial charge on any atom is 0.260 e. The molecule has 142 valence electrons. The van der Waals surface area contributed by atoms with Gasteiger partial charge in [-0.3, -0.25) is 14.5 Å². The van der Waals surface area contributed by atoms with Crippen LogP contribution in [0.3, 0.4) is 0 Å². The monoisotopic (exact) mass is 386 g/mol. The number of amides is 2. The molecule has 0 saturated carbocycles. The zero-order chi connectivity index (χ0) is 19.6. The number of para-hydroxylation sites is 1. The highest BCUT2D eigenvalue weighted by Gasteiger charge is 2.29. The van der Waals surface area contributed by atoms with Crippen molar-refractivity contribution in [3.05, 3.63) is 53.1 Å². The number of carbonyl (C=O) groups is 2. The van der Waals surface area contributed by atoms with E-state index in [1.54, 1.807) is 30.3 Å². The van der Waals surface area contributed by atoms with Crippen LogP contribution in [0.15, 0.2) is 42.5 Å². The quantitative estimate of drug-likeness (QED) is 0.858. The van der Waals surface area contributed by atoms with Crippen molar-refractivity contribution < 1.29 is 9.59 Å². The van der Waals surface area contributed by atoms with Crippen LogP contribution in [0.1, 0.15) is 10.4 Å². The third kappa shape index (κ3) is 4.23. The number of nitrogens with one attached hydrogen (secondary N) is 1. The fourth-order valence-electron chi connectivity index (χ4n) is 2.95. The number of likely N-dealkylation sites (N-methyl/N-ethyl adjacent to an activating group) is 2. The fourth-order valence-corrected chi connectivity index (χ4v) is 3.19. The lowest BCUT2D eigenvalue weighted by Gasteiger charge is -2.24. The van der Waals surface area contributed by atoms with Crippen LogP contribution in [-0.2, 0) is 4.79 Å². The number of rotatable bonds is 5.